The fraction of sp³-hybridized carbons (Fsp3) is 0.942. The average Bonchev–Trinajstić information content (AvgIpc) is 3.57. The minimum absolute atomic E-state index is 0.101. The van der Waals surface area contributed by atoms with Crippen LogP contribution in [-0.4, -0.2) is 96.7 Å². The van der Waals surface area contributed by atoms with Crippen LogP contribution < -0.4 is 0 Å². The van der Waals surface area contributed by atoms with Gasteiger partial charge in [0.25, 0.3) is 0 Å². The zero-order valence-electron chi connectivity index (χ0n) is 57.2. The Morgan fingerprint density at radius 1 is 0.330 bits per heavy atom. The third-order valence-electron chi connectivity index (χ3n) is 16.2. The Morgan fingerprint density at radius 3 is 0.864 bits per heavy atom. The lowest BCUT2D eigenvalue weighted by molar-refractivity contribution is -0.161. The standard InChI is InChI=1S/C69H134O17P2/c1-8-10-11-12-26-36-43-50-66(71)79-56-65(86-69(74)53-46-39-32-31-34-41-48-61(5)6)59-84-88(77,78)82-55-63(70)54-81-87(75,76)83-58-64(57-80-67(72)51-44-37-29-24-21-20-23-28-35-42-49-62(7)9-2)85-68(73)52-45-38-30-25-19-17-15-13-14-16-18-22-27-33-40-47-60(3)4/h60-65,70H,8-59H2,1-7H3,(H,75,76)(H,77,78)/t62?,63-,64-,65-/m1/s1. The monoisotopic (exact) mass is 1300 g/mol. The van der Waals surface area contributed by atoms with Crippen LogP contribution in [0.1, 0.15) is 344 Å². The summed E-state index contributed by atoms with van der Waals surface area (Å²) in [6.07, 6.45) is 43.3. The van der Waals surface area contributed by atoms with Gasteiger partial charge in [0.2, 0.25) is 0 Å². The van der Waals surface area contributed by atoms with Gasteiger partial charge in [-0.2, -0.15) is 0 Å². The first-order chi connectivity index (χ1) is 42.3. The molecule has 0 aromatic carbocycles. The van der Waals surface area contributed by atoms with Gasteiger partial charge < -0.3 is 33.8 Å². The molecule has 3 N–H and O–H groups in total. The molecule has 0 rings (SSSR count). The van der Waals surface area contributed by atoms with E-state index in [-0.39, 0.29) is 25.7 Å². The number of phosphoric acid groups is 2. The average molecular weight is 1300 g/mol. The van der Waals surface area contributed by atoms with Crippen molar-refractivity contribution in [2.75, 3.05) is 39.6 Å². The minimum Gasteiger partial charge on any atom is -0.462 e. The molecule has 0 radical (unpaired) electrons. The summed E-state index contributed by atoms with van der Waals surface area (Å²) < 4.78 is 68.1. The largest absolute Gasteiger partial charge is 0.472 e. The second-order valence-corrected chi connectivity index (χ2v) is 29.0. The molecule has 0 aliphatic carbocycles. The predicted molar refractivity (Wildman–Crippen MR) is 354 cm³/mol. The highest BCUT2D eigenvalue weighted by molar-refractivity contribution is 7.47. The Kier molecular flexibility index (Phi) is 58.7. The lowest BCUT2D eigenvalue weighted by Gasteiger charge is -2.21. The number of carbonyl (C=O) groups excluding carboxylic acids is 4. The summed E-state index contributed by atoms with van der Waals surface area (Å²) in [7, 11) is -9.89. The van der Waals surface area contributed by atoms with Crippen LogP contribution in [0.2, 0.25) is 0 Å². The molecule has 6 atom stereocenters. The number of hydrogen-bond acceptors (Lipinski definition) is 15. The first-order valence-electron chi connectivity index (χ1n) is 35.9. The second-order valence-electron chi connectivity index (χ2n) is 26.1. The topological polar surface area (TPSA) is 237 Å². The van der Waals surface area contributed by atoms with E-state index in [4.69, 9.17) is 37.0 Å². The second kappa shape index (κ2) is 60.0. The van der Waals surface area contributed by atoms with E-state index in [1.807, 2.05) is 0 Å². The molecule has 0 aliphatic rings. The summed E-state index contributed by atoms with van der Waals surface area (Å²) in [4.78, 5) is 72.3. The predicted octanol–water partition coefficient (Wildman–Crippen LogP) is 19.5. The number of aliphatic hydroxyl groups is 1. The van der Waals surface area contributed by atoms with Gasteiger partial charge in [0.05, 0.1) is 26.4 Å². The number of ether oxygens (including phenoxy) is 4. The molecule has 0 heterocycles. The number of phosphoric ester groups is 2. The molecule has 0 aliphatic heterocycles. The highest BCUT2D eigenvalue weighted by Gasteiger charge is 2.30. The van der Waals surface area contributed by atoms with E-state index in [0.717, 1.165) is 115 Å². The van der Waals surface area contributed by atoms with E-state index in [2.05, 4.69) is 48.5 Å². The SMILES string of the molecule is CCCCCCCCCC(=O)OC[C@H](COP(=O)(O)OC[C@H](O)COP(=O)(O)OC[C@@H](COC(=O)CCCCCCCCCCCCC(C)CC)OC(=O)CCCCCCCCCCCCCCCCCC(C)C)OC(=O)CCCCCCCCC(C)C. The Balaban J connectivity index is 5.19. The molecule has 0 saturated heterocycles. The van der Waals surface area contributed by atoms with E-state index in [0.29, 0.717) is 31.6 Å². The van der Waals surface area contributed by atoms with Gasteiger partial charge in [-0.25, -0.2) is 9.13 Å². The molecule has 0 bridgehead atoms. The summed E-state index contributed by atoms with van der Waals surface area (Å²) in [6, 6.07) is 0. The minimum atomic E-state index is -4.95. The van der Waals surface area contributed by atoms with Gasteiger partial charge in [0.15, 0.2) is 12.2 Å². The van der Waals surface area contributed by atoms with Crippen LogP contribution in [0, 0.1) is 17.8 Å². The molecule has 522 valence electrons. The normalized spacial score (nSPS) is 14.5. The summed E-state index contributed by atoms with van der Waals surface area (Å²) in [5, 5.41) is 10.6. The fourth-order valence-electron chi connectivity index (χ4n) is 10.3. The lowest BCUT2D eigenvalue weighted by atomic mass is 9.99. The number of aliphatic hydroxyl groups excluding tert-OH is 1. The number of carbonyl (C=O) groups is 4. The highest BCUT2D eigenvalue weighted by Crippen LogP contribution is 2.45. The van der Waals surface area contributed by atoms with Crippen LogP contribution in [0.3, 0.4) is 0 Å². The van der Waals surface area contributed by atoms with Crippen LogP contribution in [0.4, 0.5) is 0 Å². The molecular weight excluding hydrogens is 1160 g/mol. The number of hydrogen-bond donors (Lipinski definition) is 3. The maximum atomic E-state index is 13.0. The molecular formula is C69H134O17P2. The van der Waals surface area contributed by atoms with Gasteiger partial charge in [-0.05, 0) is 43.4 Å². The maximum Gasteiger partial charge on any atom is 0.472 e. The lowest BCUT2D eigenvalue weighted by Crippen LogP contribution is -2.30. The zero-order valence-corrected chi connectivity index (χ0v) is 59.0. The molecule has 19 heteroatoms. The van der Waals surface area contributed by atoms with Crippen LogP contribution >= 0.6 is 15.6 Å². The molecule has 17 nitrogen and oxygen atoms in total. The van der Waals surface area contributed by atoms with E-state index in [1.54, 1.807) is 0 Å². The van der Waals surface area contributed by atoms with Gasteiger partial charge in [-0.3, -0.25) is 37.3 Å². The van der Waals surface area contributed by atoms with Gasteiger partial charge in [-0.1, -0.05) is 292 Å². The Bertz CT molecular complexity index is 1730. The van der Waals surface area contributed by atoms with Crippen molar-refractivity contribution < 1.29 is 80.2 Å². The molecule has 88 heavy (non-hydrogen) atoms. The number of esters is 4. The van der Waals surface area contributed by atoms with Crippen molar-refractivity contribution in [2.24, 2.45) is 17.8 Å². The van der Waals surface area contributed by atoms with Crippen molar-refractivity contribution in [3.63, 3.8) is 0 Å². The molecule has 0 fully saturated rings. The molecule has 3 unspecified atom stereocenters. The van der Waals surface area contributed by atoms with Gasteiger partial charge in [0.1, 0.15) is 19.3 Å². The van der Waals surface area contributed by atoms with Crippen molar-refractivity contribution in [2.45, 2.75) is 362 Å². The zero-order chi connectivity index (χ0) is 65.2. The first kappa shape index (κ1) is 86.1. The van der Waals surface area contributed by atoms with Crippen LogP contribution in [0.25, 0.3) is 0 Å². The van der Waals surface area contributed by atoms with Crippen molar-refractivity contribution >= 4 is 39.5 Å². The smallest absolute Gasteiger partial charge is 0.462 e. The first-order valence-corrected chi connectivity index (χ1v) is 38.9. The molecule has 0 amide bonds. The van der Waals surface area contributed by atoms with E-state index in [1.165, 1.54) is 141 Å². The maximum absolute atomic E-state index is 13.0. The summed E-state index contributed by atoms with van der Waals surface area (Å²) >= 11 is 0. The summed E-state index contributed by atoms with van der Waals surface area (Å²) in [5.74, 6) is 0.146. The Morgan fingerprint density at radius 2 is 0.580 bits per heavy atom. The van der Waals surface area contributed by atoms with Crippen LogP contribution in [-0.2, 0) is 65.4 Å². The van der Waals surface area contributed by atoms with E-state index in [9.17, 15) is 43.2 Å². The highest BCUT2D eigenvalue weighted by atomic mass is 31.2. The Labute approximate surface area is 537 Å². The third-order valence-corrected chi connectivity index (χ3v) is 18.1. The van der Waals surface area contributed by atoms with Crippen LogP contribution in [0.15, 0.2) is 0 Å². The Hall–Kier alpha value is -1.94. The van der Waals surface area contributed by atoms with Crippen molar-refractivity contribution in [3.05, 3.63) is 0 Å². The molecule has 0 aromatic heterocycles. The number of rotatable bonds is 67. The van der Waals surface area contributed by atoms with E-state index >= 15 is 0 Å². The van der Waals surface area contributed by atoms with Crippen molar-refractivity contribution in [1.29, 1.82) is 0 Å². The van der Waals surface area contributed by atoms with E-state index < -0.39 is 97.5 Å². The van der Waals surface area contributed by atoms with Gasteiger partial charge in [0, 0.05) is 25.7 Å². The van der Waals surface area contributed by atoms with Crippen LogP contribution in [0.5, 0.6) is 0 Å². The van der Waals surface area contributed by atoms with Crippen molar-refractivity contribution in [1.82, 2.24) is 0 Å². The number of unbranched alkanes of at least 4 members (excludes halogenated alkanes) is 34. The third kappa shape index (κ3) is 61.6. The molecule has 0 saturated carbocycles. The molecule has 0 spiro atoms. The van der Waals surface area contributed by atoms with Gasteiger partial charge in [-0.15, -0.1) is 0 Å². The van der Waals surface area contributed by atoms with Crippen molar-refractivity contribution in [3.8, 4) is 0 Å². The van der Waals surface area contributed by atoms with Gasteiger partial charge >= 0.3 is 39.5 Å². The summed E-state index contributed by atoms with van der Waals surface area (Å²) in [5.41, 5.74) is 0. The summed E-state index contributed by atoms with van der Waals surface area (Å²) in [6.45, 7) is 11.8. The molecule has 0 aromatic rings. The fourth-order valence-corrected chi connectivity index (χ4v) is 11.9. The quantitative estimate of drug-likeness (QED) is 0.0222.